The monoisotopic (exact) mass is 269 g/mol. The van der Waals surface area contributed by atoms with Crippen molar-refractivity contribution in [3.8, 4) is 5.75 Å². The van der Waals surface area contributed by atoms with Gasteiger partial charge in [-0.3, -0.25) is 0 Å². The van der Waals surface area contributed by atoms with Gasteiger partial charge in [0.15, 0.2) is 0 Å². The molecule has 106 valence electrons. The Kier molecular flexibility index (Phi) is 4.40. The Morgan fingerprint density at radius 2 is 1.95 bits per heavy atom. The van der Waals surface area contributed by atoms with Crippen LogP contribution in [0.25, 0.3) is 0 Å². The molecule has 0 saturated heterocycles. The highest BCUT2D eigenvalue weighted by molar-refractivity contribution is 5.36. The van der Waals surface area contributed by atoms with Crippen molar-refractivity contribution < 1.29 is 13.5 Å². The zero-order valence-corrected chi connectivity index (χ0v) is 11.2. The first-order valence-electron chi connectivity index (χ1n) is 6.88. The first-order chi connectivity index (χ1) is 9.03. The lowest BCUT2D eigenvalue weighted by Crippen LogP contribution is -2.31. The standard InChI is InChI=1S/C15H21F2NO/c1-2-19-13-6-4-3-5-12(13)14(18)11-7-9-15(16,17)10-8-11/h3-6,11,14H,2,7-10,18H2,1H3. The van der Waals surface area contributed by atoms with Crippen LogP contribution in [-0.2, 0) is 0 Å². The average Bonchev–Trinajstić information content (AvgIpc) is 2.39. The summed E-state index contributed by atoms with van der Waals surface area (Å²) in [5.41, 5.74) is 7.19. The van der Waals surface area contributed by atoms with E-state index in [0.29, 0.717) is 19.4 Å². The van der Waals surface area contributed by atoms with Gasteiger partial charge in [-0.1, -0.05) is 18.2 Å². The summed E-state index contributed by atoms with van der Waals surface area (Å²) < 4.78 is 31.9. The third-order valence-corrected chi connectivity index (χ3v) is 3.85. The van der Waals surface area contributed by atoms with Crippen molar-refractivity contribution in [1.29, 1.82) is 0 Å². The van der Waals surface area contributed by atoms with Crippen molar-refractivity contribution in [3.63, 3.8) is 0 Å². The number of benzene rings is 1. The number of ether oxygens (including phenoxy) is 1. The number of para-hydroxylation sites is 1. The maximum absolute atomic E-state index is 13.2. The molecule has 1 aromatic carbocycles. The zero-order valence-electron chi connectivity index (χ0n) is 11.2. The Labute approximate surface area is 112 Å². The maximum atomic E-state index is 13.2. The molecule has 1 aliphatic carbocycles. The van der Waals surface area contributed by atoms with E-state index in [-0.39, 0.29) is 24.8 Å². The van der Waals surface area contributed by atoms with E-state index in [0.717, 1.165) is 11.3 Å². The Morgan fingerprint density at radius 3 is 2.58 bits per heavy atom. The molecule has 4 heteroatoms. The lowest BCUT2D eigenvalue weighted by Gasteiger charge is -2.32. The van der Waals surface area contributed by atoms with E-state index in [4.69, 9.17) is 10.5 Å². The first kappa shape index (κ1) is 14.3. The SMILES string of the molecule is CCOc1ccccc1C(N)C1CCC(F)(F)CC1. The number of alkyl halides is 2. The molecule has 1 saturated carbocycles. The molecule has 0 aromatic heterocycles. The first-order valence-corrected chi connectivity index (χ1v) is 6.88. The van der Waals surface area contributed by atoms with Crippen LogP contribution in [0.1, 0.15) is 44.2 Å². The van der Waals surface area contributed by atoms with Crippen LogP contribution in [-0.4, -0.2) is 12.5 Å². The van der Waals surface area contributed by atoms with E-state index in [1.807, 2.05) is 31.2 Å². The Bertz CT molecular complexity index is 412. The van der Waals surface area contributed by atoms with Gasteiger partial charge in [0.2, 0.25) is 5.92 Å². The summed E-state index contributed by atoms with van der Waals surface area (Å²) in [6, 6.07) is 7.41. The van der Waals surface area contributed by atoms with Crippen molar-refractivity contribution in [2.45, 2.75) is 44.6 Å². The Morgan fingerprint density at radius 1 is 1.32 bits per heavy atom. The van der Waals surface area contributed by atoms with E-state index in [9.17, 15) is 8.78 Å². The topological polar surface area (TPSA) is 35.2 Å². The van der Waals surface area contributed by atoms with Crippen molar-refractivity contribution in [3.05, 3.63) is 29.8 Å². The molecule has 0 radical (unpaired) electrons. The van der Waals surface area contributed by atoms with Crippen molar-refractivity contribution in [2.24, 2.45) is 11.7 Å². The van der Waals surface area contributed by atoms with Crippen LogP contribution in [0.4, 0.5) is 8.78 Å². The second kappa shape index (κ2) is 5.87. The third kappa shape index (κ3) is 3.44. The smallest absolute Gasteiger partial charge is 0.248 e. The fourth-order valence-electron chi connectivity index (χ4n) is 2.72. The lowest BCUT2D eigenvalue weighted by atomic mass is 9.80. The molecule has 1 atom stereocenters. The number of hydrogen-bond acceptors (Lipinski definition) is 2. The molecule has 2 N–H and O–H groups in total. The predicted octanol–water partition coefficient (Wildman–Crippen LogP) is 3.91. The molecule has 2 rings (SSSR count). The van der Waals surface area contributed by atoms with E-state index in [1.165, 1.54) is 0 Å². The van der Waals surface area contributed by atoms with Crippen molar-refractivity contribution in [2.75, 3.05) is 6.61 Å². The van der Waals surface area contributed by atoms with Crippen LogP contribution in [0.3, 0.4) is 0 Å². The van der Waals surface area contributed by atoms with Gasteiger partial charge in [-0.15, -0.1) is 0 Å². The number of halogens is 2. The van der Waals surface area contributed by atoms with Gasteiger partial charge in [0.05, 0.1) is 6.61 Å². The van der Waals surface area contributed by atoms with Crippen molar-refractivity contribution >= 4 is 0 Å². The van der Waals surface area contributed by atoms with Gasteiger partial charge in [0.1, 0.15) is 5.75 Å². The molecule has 0 amide bonds. The minimum Gasteiger partial charge on any atom is -0.494 e. The van der Waals surface area contributed by atoms with Crippen LogP contribution >= 0.6 is 0 Å². The quantitative estimate of drug-likeness (QED) is 0.899. The Hall–Kier alpha value is -1.16. The molecule has 0 aliphatic heterocycles. The van der Waals surface area contributed by atoms with Gasteiger partial charge in [-0.05, 0) is 31.7 Å². The second-order valence-corrected chi connectivity index (χ2v) is 5.19. The number of nitrogens with two attached hydrogens (primary N) is 1. The van der Waals surface area contributed by atoms with E-state index in [2.05, 4.69) is 0 Å². The van der Waals surface area contributed by atoms with E-state index >= 15 is 0 Å². The van der Waals surface area contributed by atoms with Crippen LogP contribution < -0.4 is 10.5 Å². The fraction of sp³-hybridized carbons (Fsp3) is 0.600. The van der Waals surface area contributed by atoms with E-state index < -0.39 is 5.92 Å². The largest absolute Gasteiger partial charge is 0.494 e. The highest BCUT2D eigenvalue weighted by Crippen LogP contribution is 2.41. The fourth-order valence-corrected chi connectivity index (χ4v) is 2.72. The van der Waals surface area contributed by atoms with Gasteiger partial charge in [0.25, 0.3) is 0 Å². The summed E-state index contributed by atoms with van der Waals surface area (Å²) in [6.45, 7) is 2.50. The molecule has 0 spiro atoms. The van der Waals surface area contributed by atoms with Gasteiger partial charge < -0.3 is 10.5 Å². The average molecular weight is 269 g/mol. The minimum absolute atomic E-state index is 0.0534. The summed E-state index contributed by atoms with van der Waals surface area (Å²) in [4.78, 5) is 0. The van der Waals surface area contributed by atoms with Crippen LogP contribution in [0.15, 0.2) is 24.3 Å². The van der Waals surface area contributed by atoms with Crippen molar-refractivity contribution in [1.82, 2.24) is 0 Å². The van der Waals surface area contributed by atoms with Crippen LogP contribution in [0, 0.1) is 5.92 Å². The van der Waals surface area contributed by atoms with Gasteiger partial charge in [-0.2, -0.15) is 0 Å². The minimum atomic E-state index is -2.50. The highest BCUT2D eigenvalue weighted by atomic mass is 19.3. The van der Waals surface area contributed by atoms with Gasteiger partial charge >= 0.3 is 0 Å². The van der Waals surface area contributed by atoms with Crippen LogP contribution in [0.5, 0.6) is 5.75 Å². The number of rotatable bonds is 4. The Balaban J connectivity index is 2.09. The molecule has 0 heterocycles. The third-order valence-electron chi connectivity index (χ3n) is 3.85. The van der Waals surface area contributed by atoms with E-state index in [1.54, 1.807) is 0 Å². The predicted molar refractivity (Wildman–Crippen MR) is 71.4 cm³/mol. The summed E-state index contributed by atoms with van der Waals surface area (Å²) >= 11 is 0. The van der Waals surface area contributed by atoms with Gasteiger partial charge in [-0.25, -0.2) is 8.78 Å². The molecule has 1 unspecified atom stereocenters. The second-order valence-electron chi connectivity index (χ2n) is 5.19. The number of hydrogen-bond donors (Lipinski definition) is 1. The summed E-state index contributed by atoms with van der Waals surface area (Å²) in [5.74, 6) is -1.62. The summed E-state index contributed by atoms with van der Waals surface area (Å²) in [6.07, 6.45) is 0.855. The molecule has 1 fully saturated rings. The molecule has 19 heavy (non-hydrogen) atoms. The molecular formula is C15H21F2NO. The summed E-state index contributed by atoms with van der Waals surface area (Å²) in [7, 11) is 0. The molecule has 2 nitrogen and oxygen atoms in total. The maximum Gasteiger partial charge on any atom is 0.248 e. The normalized spacial score (nSPS) is 21.1. The molecule has 1 aliphatic rings. The lowest BCUT2D eigenvalue weighted by molar-refractivity contribution is -0.0484. The summed E-state index contributed by atoms with van der Waals surface area (Å²) in [5, 5.41) is 0. The molecule has 0 bridgehead atoms. The molecular weight excluding hydrogens is 248 g/mol. The van der Waals surface area contributed by atoms with Crippen LogP contribution in [0.2, 0.25) is 0 Å². The molecule has 1 aromatic rings. The van der Waals surface area contributed by atoms with Gasteiger partial charge in [0, 0.05) is 24.4 Å². The zero-order chi connectivity index (χ0) is 13.9. The highest BCUT2D eigenvalue weighted by Gasteiger charge is 2.37.